The smallest absolute Gasteiger partial charge is 0.124 e. The summed E-state index contributed by atoms with van der Waals surface area (Å²) in [5, 5.41) is 7.30. The molecule has 2 aromatic rings. The van der Waals surface area contributed by atoms with Gasteiger partial charge in [0.05, 0.1) is 26.3 Å². The van der Waals surface area contributed by atoms with Crippen LogP contribution in [0, 0.1) is 5.92 Å². The van der Waals surface area contributed by atoms with Crippen molar-refractivity contribution in [3.8, 4) is 11.5 Å². The molecule has 1 unspecified atom stereocenters. The highest BCUT2D eigenvalue weighted by atomic mass is 16.5. The number of anilines is 2. The molecule has 0 spiro atoms. The molecule has 0 heterocycles. The number of hydrogen-bond acceptors (Lipinski definition) is 4. The predicted octanol–water partition coefficient (Wildman–Crippen LogP) is 5.98. The highest BCUT2D eigenvalue weighted by Crippen LogP contribution is 2.24. The van der Waals surface area contributed by atoms with Crippen LogP contribution in [0.2, 0.25) is 0 Å². The first-order chi connectivity index (χ1) is 14.6. The van der Waals surface area contributed by atoms with Crippen LogP contribution in [0.4, 0.5) is 11.4 Å². The van der Waals surface area contributed by atoms with Crippen LogP contribution in [0.25, 0.3) is 0 Å². The second-order valence-corrected chi connectivity index (χ2v) is 8.25. The summed E-state index contributed by atoms with van der Waals surface area (Å²) in [6.07, 6.45) is 6.19. The van der Waals surface area contributed by atoms with E-state index in [2.05, 4.69) is 36.6 Å². The van der Waals surface area contributed by atoms with Crippen LogP contribution in [0.1, 0.15) is 46.0 Å². The van der Waals surface area contributed by atoms with Crippen LogP contribution in [-0.2, 0) is 0 Å². The van der Waals surface area contributed by atoms with Gasteiger partial charge in [-0.25, -0.2) is 0 Å². The first-order valence-corrected chi connectivity index (χ1v) is 11.0. The summed E-state index contributed by atoms with van der Waals surface area (Å²) in [6, 6.07) is 16.6. The molecule has 162 valence electrons. The second kappa shape index (κ2) is 10.9. The zero-order valence-corrected chi connectivity index (χ0v) is 18.7. The minimum absolute atomic E-state index is 0.0717. The summed E-state index contributed by atoms with van der Waals surface area (Å²) < 4.78 is 10.6. The molecular formula is C25H35N3O2. The number of nitrogens with one attached hydrogen (secondary N) is 2. The van der Waals surface area contributed by atoms with Crippen LogP contribution in [0.5, 0.6) is 11.5 Å². The Kier molecular flexibility index (Phi) is 8.00. The molecule has 0 bridgehead atoms. The average molecular weight is 410 g/mol. The van der Waals surface area contributed by atoms with Crippen LogP contribution in [0.15, 0.2) is 53.5 Å². The van der Waals surface area contributed by atoms with Crippen LogP contribution >= 0.6 is 0 Å². The molecule has 1 fully saturated rings. The zero-order valence-electron chi connectivity index (χ0n) is 18.7. The maximum absolute atomic E-state index is 5.30. The highest BCUT2D eigenvalue weighted by molar-refractivity contribution is 6.01. The fourth-order valence-electron chi connectivity index (χ4n) is 3.84. The fraction of sp³-hybridized carbons (Fsp3) is 0.480. The van der Waals surface area contributed by atoms with Gasteiger partial charge in [-0.15, -0.1) is 0 Å². The summed E-state index contributed by atoms with van der Waals surface area (Å²) in [4.78, 5) is 5.21. The van der Waals surface area contributed by atoms with E-state index in [0.29, 0.717) is 12.0 Å². The largest absolute Gasteiger partial charge is 0.497 e. The minimum atomic E-state index is 0.0717. The molecule has 1 atom stereocenters. The van der Waals surface area contributed by atoms with Crippen molar-refractivity contribution in [2.24, 2.45) is 10.9 Å². The predicted molar refractivity (Wildman–Crippen MR) is 126 cm³/mol. The topological polar surface area (TPSA) is 54.9 Å². The number of methoxy groups -OCH3 is 2. The molecule has 1 saturated carbocycles. The number of nitrogens with zero attached hydrogens (tertiary/aromatic N) is 1. The first-order valence-electron chi connectivity index (χ1n) is 11.0. The lowest BCUT2D eigenvalue weighted by molar-refractivity contribution is 0.414. The monoisotopic (exact) mass is 409 g/mol. The standard InChI is InChI=1S/C25H35N3O2/c1-18(2)24(26-20-10-14-22(29-3)15-11-20)25(27-19-8-6-5-7-9-19)28-21-12-16-23(30-4)17-13-21/h10-19,24,26H,5-9H2,1-4H3,(H,27,28). The Bertz CT molecular complexity index is 794. The van der Waals surface area contributed by atoms with Gasteiger partial charge in [0.1, 0.15) is 17.3 Å². The van der Waals surface area contributed by atoms with Gasteiger partial charge in [-0.1, -0.05) is 33.1 Å². The highest BCUT2D eigenvalue weighted by Gasteiger charge is 2.23. The van der Waals surface area contributed by atoms with Crippen molar-refractivity contribution < 1.29 is 9.47 Å². The van der Waals surface area contributed by atoms with Gasteiger partial charge >= 0.3 is 0 Å². The van der Waals surface area contributed by atoms with Gasteiger partial charge in [-0.05, 0) is 67.3 Å². The number of ether oxygens (including phenoxy) is 2. The Morgan fingerprint density at radius 3 is 1.87 bits per heavy atom. The van der Waals surface area contributed by atoms with E-state index in [9.17, 15) is 0 Å². The van der Waals surface area contributed by atoms with Crippen molar-refractivity contribution in [3.05, 3.63) is 48.5 Å². The summed E-state index contributed by atoms with van der Waals surface area (Å²) in [5.41, 5.74) is 2.08. The SMILES string of the molecule is COc1ccc(NC(=NC2CCCCC2)C(Nc2ccc(OC)cc2)C(C)C)cc1. The zero-order chi connectivity index (χ0) is 21.3. The Labute approximate surface area is 180 Å². The summed E-state index contributed by atoms with van der Waals surface area (Å²) in [7, 11) is 3.37. The molecule has 30 heavy (non-hydrogen) atoms. The van der Waals surface area contributed by atoms with E-state index < -0.39 is 0 Å². The van der Waals surface area contributed by atoms with Gasteiger partial charge in [-0.2, -0.15) is 0 Å². The lowest BCUT2D eigenvalue weighted by Gasteiger charge is -2.28. The molecule has 5 heteroatoms. The lowest BCUT2D eigenvalue weighted by atomic mass is 9.95. The molecule has 2 N–H and O–H groups in total. The van der Waals surface area contributed by atoms with Crippen molar-refractivity contribution in [2.75, 3.05) is 24.9 Å². The van der Waals surface area contributed by atoms with Crippen LogP contribution < -0.4 is 20.1 Å². The molecule has 0 aromatic heterocycles. The molecule has 3 rings (SSSR count). The molecule has 0 amide bonds. The van der Waals surface area contributed by atoms with E-state index in [0.717, 1.165) is 28.7 Å². The van der Waals surface area contributed by atoms with E-state index in [1.807, 2.05) is 36.4 Å². The molecule has 5 nitrogen and oxygen atoms in total. The van der Waals surface area contributed by atoms with E-state index in [4.69, 9.17) is 14.5 Å². The quantitative estimate of drug-likeness (QED) is 0.416. The summed E-state index contributed by atoms with van der Waals surface area (Å²) in [5.74, 6) is 3.07. The normalized spacial score (nSPS) is 16.2. The number of amidine groups is 1. The van der Waals surface area contributed by atoms with Crippen LogP contribution in [-0.4, -0.2) is 32.1 Å². The first kappa shape index (κ1) is 22.0. The number of benzene rings is 2. The van der Waals surface area contributed by atoms with Crippen molar-refractivity contribution >= 4 is 17.2 Å². The van der Waals surface area contributed by atoms with Gasteiger partial charge < -0.3 is 20.1 Å². The Hall–Kier alpha value is -2.69. The van der Waals surface area contributed by atoms with Crippen molar-refractivity contribution in [2.45, 2.75) is 58.0 Å². The van der Waals surface area contributed by atoms with Gasteiger partial charge in [-0.3, -0.25) is 4.99 Å². The van der Waals surface area contributed by atoms with Crippen molar-refractivity contribution in [1.29, 1.82) is 0 Å². The van der Waals surface area contributed by atoms with Gasteiger partial charge in [0.2, 0.25) is 0 Å². The lowest BCUT2D eigenvalue weighted by Crippen LogP contribution is -2.40. The van der Waals surface area contributed by atoms with Gasteiger partial charge in [0.25, 0.3) is 0 Å². The third kappa shape index (κ3) is 6.15. The number of hydrogen-bond donors (Lipinski definition) is 2. The fourth-order valence-corrected chi connectivity index (χ4v) is 3.84. The minimum Gasteiger partial charge on any atom is -0.497 e. The second-order valence-electron chi connectivity index (χ2n) is 8.25. The third-order valence-electron chi connectivity index (χ3n) is 5.63. The van der Waals surface area contributed by atoms with E-state index in [-0.39, 0.29) is 6.04 Å². The van der Waals surface area contributed by atoms with E-state index in [1.54, 1.807) is 14.2 Å². The molecular weight excluding hydrogens is 374 g/mol. The Balaban J connectivity index is 1.86. The van der Waals surface area contributed by atoms with Gasteiger partial charge in [0.15, 0.2) is 0 Å². The van der Waals surface area contributed by atoms with Crippen molar-refractivity contribution in [1.82, 2.24) is 0 Å². The van der Waals surface area contributed by atoms with Gasteiger partial charge in [0, 0.05) is 11.4 Å². The number of aliphatic imine (C=N–C) groups is 1. The molecule has 0 saturated heterocycles. The molecule has 1 aliphatic carbocycles. The van der Waals surface area contributed by atoms with Crippen molar-refractivity contribution in [3.63, 3.8) is 0 Å². The van der Waals surface area contributed by atoms with E-state index >= 15 is 0 Å². The van der Waals surface area contributed by atoms with E-state index in [1.165, 1.54) is 32.1 Å². The van der Waals surface area contributed by atoms with Crippen LogP contribution in [0.3, 0.4) is 0 Å². The molecule has 0 aliphatic heterocycles. The summed E-state index contributed by atoms with van der Waals surface area (Å²) in [6.45, 7) is 4.46. The third-order valence-corrected chi connectivity index (χ3v) is 5.63. The Morgan fingerprint density at radius 1 is 0.833 bits per heavy atom. The number of rotatable bonds is 8. The molecule has 0 radical (unpaired) electrons. The molecule has 2 aromatic carbocycles. The summed E-state index contributed by atoms with van der Waals surface area (Å²) >= 11 is 0. The Morgan fingerprint density at radius 2 is 1.37 bits per heavy atom. The molecule has 1 aliphatic rings. The maximum atomic E-state index is 5.30. The average Bonchev–Trinajstić information content (AvgIpc) is 2.78. The maximum Gasteiger partial charge on any atom is 0.124 e.